The molecule has 1 aliphatic rings. The second-order valence-electron chi connectivity index (χ2n) is 8.06. The minimum Gasteiger partial charge on any atom is -0.455 e. The number of aliphatic hydroxyl groups excluding tert-OH is 1. The molecule has 8 nitrogen and oxygen atoms in total. The minimum atomic E-state index is -0.496. The van der Waals surface area contributed by atoms with E-state index in [0.717, 1.165) is 21.9 Å². The van der Waals surface area contributed by atoms with Crippen molar-refractivity contribution < 1.29 is 19.4 Å². The van der Waals surface area contributed by atoms with E-state index in [-0.39, 0.29) is 17.9 Å². The summed E-state index contributed by atoms with van der Waals surface area (Å²) in [4.78, 5) is 30.4. The Bertz CT molecular complexity index is 1290. The second kappa shape index (κ2) is 8.84. The Morgan fingerprint density at radius 2 is 2.09 bits per heavy atom. The normalized spacial score (nSPS) is 18.2. The third-order valence-corrected chi connectivity index (χ3v) is 7.37. The number of aliphatic hydroxyl groups is 1. The summed E-state index contributed by atoms with van der Waals surface area (Å²) in [5.41, 5.74) is 2.73. The molecule has 0 bridgehead atoms. The van der Waals surface area contributed by atoms with E-state index >= 15 is 0 Å². The molecule has 1 fully saturated rings. The van der Waals surface area contributed by atoms with Crippen LogP contribution in [-0.2, 0) is 0 Å². The lowest BCUT2D eigenvalue weighted by molar-refractivity contribution is -0.0357. The van der Waals surface area contributed by atoms with E-state index < -0.39 is 6.10 Å². The topological polar surface area (TPSA) is 119 Å². The quantitative estimate of drug-likeness (QED) is 0.328. The fourth-order valence-electron chi connectivity index (χ4n) is 3.96. The lowest BCUT2D eigenvalue weighted by Gasteiger charge is -2.43. The maximum absolute atomic E-state index is 12.9. The maximum Gasteiger partial charge on any atom is 0.261 e. The summed E-state index contributed by atoms with van der Waals surface area (Å²) in [6.45, 7) is 5.88. The summed E-state index contributed by atoms with van der Waals surface area (Å²) in [6.07, 6.45) is 3.78. The largest absolute Gasteiger partial charge is 0.455 e. The Hall–Kier alpha value is -3.43. The van der Waals surface area contributed by atoms with Gasteiger partial charge in [0.15, 0.2) is 5.76 Å². The molecule has 0 radical (unpaired) electrons. The van der Waals surface area contributed by atoms with Gasteiger partial charge in [-0.1, -0.05) is 0 Å². The van der Waals surface area contributed by atoms with E-state index in [1.54, 1.807) is 18.1 Å². The van der Waals surface area contributed by atoms with Crippen LogP contribution in [0.5, 0.6) is 5.75 Å². The predicted octanol–water partition coefficient (Wildman–Crippen LogP) is 3.48. The number of nitrogens with one attached hydrogen (secondary N) is 3. The lowest BCUT2D eigenvalue weighted by atomic mass is 9.99. The standard InChI is InChI=1S/C24H26N4O4S/c1-12-17(24(31)28-11-18(29)14(28)3)10-27-21(12)19(7-8-25)32-15-5-6-16-13(2)22(23(30)26-4)33-20(16)9-15/h5-10,14,18,25,27,29H,11H2,1-4H3,(H,26,30)/b19-7+,25-8?. The van der Waals surface area contributed by atoms with Crippen LogP contribution in [0.2, 0.25) is 0 Å². The number of ether oxygens (including phenoxy) is 1. The number of rotatable bonds is 6. The monoisotopic (exact) mass is 466 g/mol. The highest BCUT2D eigenvalue weighted by atomic mass is 32.1. The van der Waals surface area contributed by atoms with Crippen LogP contribution in [0.15, 0.2) is 30.5 Å². The van der Waals surface area contributed by atoms with Crippen LogP contribution in [0.4, 0.5) is 0 Å². The van der Waals surface area contributed by atoms with Gasteiger partial charge >= 0.3 is 0 Å². The number of thiophene rings is 1. The minimum absolute atomic E-state index is 0.121. The van der Waals surface area contributed by atoms with Crippen LogP contribution in [0.1, 0.15) is 43.8 Å². The average molecular weight is 467 g/mol. The third kappa shape index (κ3) is 3.94. The molecule has 172 valence electrons. The van der Waals surface area contributed by atoms with E-state index in [9.17, 15) is 14.7 Å². The molecule has 0 saturated carbocycles. The number of β-amino-alcohol motifs (C(OH)–C–C–N with tert-alkyl or cyclic N) is 1. The van der Waals surface area contributed by atoms with Gasteiger partial charge in [-0.25, -0.2) is 0 Å². The number of hydrogen-bond acceptors (Lipinski definition) is 6. The summed E-state index contributed by atoms with van der Waals surface area (Å²) in [6, 6.07) is 5.38. The van der Waals surface area contributed by atoms with Gasteiger partial charge in [-0.15, -0.1) is 11.3 Å². The highest BCUT2D eigenvalue weighted by molar-refractivity contribution is 7.21. The number of nitrogens with zero attached hydrogens (tertiary/aromatic N) is 1. The average Bonchev–Trinajstić information content (AvgIpc) is 3.35. The van der Waals surface area contributed by atoms with Crippen LogP contribution in [0, 0.1) is 19.3 Å². The van der Waals surface area contributed by atoms with Crippen LogP contribution in [-0.4, -0.2) is 58.8 Å². The molecule has 2 atom stereocenters. The fourth-order valence-corrected chi connectivity index (χ4v) is 5.14. The first-order chi connectivity index (χ1) is 15.8. The lowest BCUT2D eigenvalue weighted by Crippen LogP contribution is -2.60. The predicted molar refractivity (Wildman–Crippen MR) is 129 cm³/mol. The number of hydrogen-bond donors (Lipinski definition) is 4. The molecule has 1 saturated heterocycles. The van der Waals surface area contributed by atoms with Crippen molar-refractivity contribution in [2.45, 2.75) is 32.9 Å². The second-order valence-corrected chi connectivity index (χ2v) is 9.11. The molecule has 1 aromatic carbocycles. The van der Waals surface area contributed by atoms with Crippen molar-refractivity contribution in [2.24, 2.45) is 0 Å². The molecular weight excluding hydrogens is 440 g/mol. The molecule has 3 aromatic rings. The molecule has 2 amide bonds. The number of allylic oxidation sites excluding steroid dienone is 1. The molecule has 1 aliphatic heterocycles. The van der Waals surface area contributed by atoms with Gasteiger partial charge in [0.1, 0.15) is 5.75 Å². The number of aromatic nitrogens is 1. The fraction of sp³-hybridized carbons (Fsp3) is 0.292. The van der Waals surface area contributed by atoms with E-state index in [2.05, 4.69) is 10.3 Å². The van der Waals surface area contributed by atoms with Crippen LogP contribution < -0.4 is 10.1 Å². The van der Waals surface area contributed by atoms with Gasteiger partial charge in [0.05, 0.1) is 28.3 Å². The molecular formula is C24H26N4O4S. The van der Waals surface area contributed by atoms with E-state index in [4.69, 9.17) is 10.1 Å². The molecule has 0 aliphatic carbocycles. The summed E-state index contributed by atoms with van der Waals surface area (Å²) in [7, 11) is 1.61. The van der Waals surface area contributed by atoms with Crippen LogP contribution in [0.25, 0.3) is 15.8 Å². The van der Waals surface area contributed by atoms with Crippen LogP contribution >= 0.6 is 11.3 Å². The zero-order valence-corrected chi connectivity index (χ0v) is 19.7. The molecule has 2 unspecified atom stereocenters. The van der Waals surface area contributed by atoms with Crippen molar-refractivity contribution in [3.63, 3.8) is 0 Å². The highest BCUT2D eigenvalue weighted by Gasteiger charge is 2.38. The summed E-state index contributed by atoms with van der Waals surface area (Å²) in [5.74, 6) is 0.682. The summed E-state index contributed by atoms with van der Waals surface area (Å²) in [5, 5.41) is 20.9. The molecule has 33 heavy (non-hydrogen) atoms. The van der Waals surface area contributed by atoms with Crippen molar-refractivity contribution >= 4 is 45.2 Å². The zero-order chi connectivity index (χ0) is 23.9. The Labute approximate surface area is 195 Å². The summed E-state index contributed by atoms with van der Waals surface area (Å²) >= 11 is 1.40. The molecule has 0 spiro atoms. The van der Waals surface area contributed by atoms with Gasteiger partial charge in [-0.2, -0.15) is 0 Å². The Morgan fingerprint density at radius 1 is 1.33 bits per heavy atom. The van der Waals surface area contributed by atoms with E-state index in [1.807, 2.05) is 39.0 Å². The summed E-state index contributed by atoms with van der Waals surface area (Å²) < 4.78 is 7.04. The van der Waals surface area contributed by atoms with E-state index in [1.165, 1.54) is 17.4 Å². The zero-order valence-electron chi connectivity index (χ0n) is 18.9. The van der Waals surface area contributed by atoms with Crippen molar-refractivity contribution in [1.29, 1.82) is 5.41 Å². The van der Waals surface area contributed by atoms with Gasteiger partial charge in [0, 0.05) is 36.8 Å². The number of H-pyrrole nitrogens is 1. The van der Waals surface area contributed by atoms with Crippen molar-refractivity contribution in [2.75, 3.05) is 13.6 Å². The number of benzene rings is 1. The Morgan fingerprint density at radius 3 is 2.73 bits per heavy atom. The number of carbonyl (C=O) groups excluding carboxylic acids is 2. The van der Waals surface area contributed by atoms with Gasteiger partial charge in [-0.05, 0) is 55.5 Å². The number of aromatic amines is 1. The van der Waals surface area contributed by atoms with Gasteiger partial charge in [0.25, 0.3) is 11.8 Å². The smallest absolute Gasteiger partial charge is 0.261 e. The Balaban J connectivity index is 1.63. The number of likely N-dealkylation sites (tertiary alicyclic amines) is 1. The van der Waals surface area contributed by atoms with Crippen molar-refractivity contribution in [3.05, 3.63) is 57.7 Å². The van der Waals surface area contributed by atoms with Crippen LogP contribution in [0.3, 0.4) is 0 Å². The number of aryl methyl sites for hydroxylation is 1. The molecule has 4 rings (SSSR count). The first-order valence-electron chi connectivity index (χ1n) is 10.6. The number of amides is 2. The molecule has 2 aromatic heterocycles. The SMILES string of the molecule is CNC(=O)c1sc2cc(O/C(=C/C=N)c3[nH]cc(C(=O)N4CC(O)C4C)c3C)ccc2c1C. The molecule has 3 heterocycles. The maximum atomic E-state index is 12.9. The number of fused-ring (bicyclic) bond motifs is 1. The Kier molecular flexibility index (Phi) is 6.09. The van der Waals surface area contributed by atoms with Gasteiger partial charge in [-0.3, -0.25) is 9.59 Å². The highest BCUT2D eigenvalue weighted by Crippen LogP contribution is 2.35. The third-order valence-electron chi connectivity index (χ3n) is 6.12. The molecule has 9 heteroatoms. The molecule has 4 N–H and O–H groups in total. The van der Waals surface area contributed by atoms with Crippen molar-refractivity contribution in [1.82, 2.24) is 15.2 Å². The first kappa shape index (κ1) is 22.8. The van der Waals surface area contributed by atoms with Crippen molar-refractivity contribution in [3.8, 4) is 5.75 Å². The first-order valence-corrected chi connectivity index (χ1v) is 11.4. The van der Waals surface area contributed by atoms with Gasteiger partial charge < -0.3 is 30.5 Å². The van der Waals surface area contributed by atoms with E-state index in [0.29, 0.717) is 39.8 Å². The van der Waals surface area contributed by atoms with Gasteiger partial charge in [0.2, 0.25) is 0 Å². The number of carbonyl (C=O) groups is 2.